The van der Waals surface area contributed by atoms with Crippen molar-refractivity contribution in [2.75, 3.05) is 27.4 Å². The first-order valence-electron chi connectivity index (χ1n) is 6.89. The van der Waals surface area contributed by atoms with Crippen LogP contribution in [-0.2, 0) is 10.2 Å². The molecule has 1 unspecified atom stereocenters. The Kier molecular flexibility index (Phi) is 6.32. The summed E-state index contributed by atoms with van der Waals surface area (Å²) >= 11 is 0. The van der Waals surface area contributed by atoms with Gasteiger partial charge in [0.15, 0.2) is 0 Å². The molecule has 1 N–H and O–H groups in total. The van der Waals surface area contributed by atoms with Crippen LogP contribution in [-0.4, -0.2) is 33.4 Å². The molecule has 3 nitrogen and oxygen atoms in total. The predicted octanol–water partition coefficient (Wildman–Crippen LogP) is 2.99. The lowest BCUT2D eigenvalue weighted by atomic mass is 9.79. The monoisotopic (exact) mass is 265 g/mol. The predicted molar refractivity (Wildman–Crippen MR) is 80.0 cm³/mol. The van der Waals surface area contributed by atoms with E-state index >= 15 is 0 Å². The van der Waals surface area contributed by atoms with E-state index in [1.165, 1.54) is 5.56 Å². The van der Waals surface area contributed by atoms with Crippen molar-refractivity contribution in [2.45, 2.75) is 38.6 Å². The molecule has 0 aliphatic carbocycles. The molecule has 19 heavy (non-hydrogen) atoms. The van der Waals surface area contributed by atoms with Gasteiger partial charge in [0.1, 0.15) is 12.4 Å². The van der Waals surface area contributed by atoms with Crippen LogP contribution in [0.3, 0.4) is 0 Å². The maximum Gasteiger partial charge on any atom is 0.123 e. The van der Waals surface area contributed by atoms with Crippen molar-refractivity contribution in [1.29, 1.82) is 0 Å². The fraction of sp³-hybridized carbons (Fsp3) is 0.625. The van der Waals surface area contributed by atoms with E-state index in [1.54, 1.807) is 7.11 Å². The Balaban J connectivity index is 2.85. The smallest absolute Gasteiger partial charge is 0.123 e. The minimum atomic E-state index is 0.0755. The second kappa shape index (κ2) is 7.51. The van der Waals surface area contributed by atoms with Crippen molar-refractivity contribution < 1.29 is 9.47 Å². The molecule has 0 amide bonds. The second-order valence-electron chi connectivity index (χ2n) is 5.62. The third kappa shape index (κ3) is 4.84. The van der Waals surface area contributed by atoms with Gasteiger partial charge in [0, 0.05) is 13.2 Å². The fourth-order valence-electron chi connectivity index (χ4n) is 2.36. The van der Waals surface area contributed by atoms with Gasteiger partial charge in [-0.25, -0.2) is 0 Å². The summed E-state index contributed by atoms with van der Waals surface area (Å²) < 4.78 is 10.9. The lowest BCUT2D eigenvalue weighted by Crippen LogP contribution is -2.31. The second-order valence-corrected chi connectivity index (χ2v) is 5.62. The van der Waals surface area contributed by atoms with Crippen molar-refractivity contribution in [2.24, 2.45) is 0 Å². The molecule has 1 rings (SSSR count). The molecule has 0 bridgehead atoms. The van der Waals surface area contributed by atoms with Crippen LogP contribution in [0.1, 0.15) is 32.8 Å². The average Bonchev–Trinajstić information content (AvgIpc) is 2.39. The molecule has 1 atom stereocenters. The van der Waals surface area contributed by atoms with Gasteiger partial charge < -0.3 is 14.8 Å². The van der Waals surface area contributed by atoms with Crippen LogP contribution < -0.4 is 10.1 Å². The number of rotatable bonds is 8. The molecule has 3 heteroatoms. The highest BCUT2D eigenvalue weighted by Crippen LogP contribution is 2.35. The summed E-state index contributed by atoms with van der Waals surface area (Å²) in [6, 6.07) is 8.76. The van der Waals surface area contributed by atoms with Gasteiger partial charge in [-0.05, 0) is 37.4 Å². The molecule has 0 saturated heterocycles. The number of para-hydroxylation sites is 1. The minimum Gasteiger partial charge on any atom is -0.491 e. The quantitative estimate of drug-likeness (QED) is 0.733. The van der Waals surface area contributed by atoms with Crippen LogP contribution in [0.15, 0.2) is 24.3 Å². The van der Waals surface area contributed by atoms with Gasteiger partial charge in [-0.15, -0.1) is 0 Å². The summed E-state index contributed by atoms with van der Waals surface area (Å²) in [5, 5.41) is 3.30. The van der Waals surface area contributed by atoms with Gasteiger partial charge >= 0.3 is 0 Å². The number of hydrogen-bond acceptors (Lipinski definition) is 3. The Morgan fingerprint density at radius 3 is 2.53 bits per heavy atom. The minimum absolute atomic E-state index is 0.0755. The van der Waals surface area contributed by atoms with Crippen LogP contribution in [0.5, 0.6) is 5.75 Å². The molecule has 0 aromatic heterocycles. The van der Waals surface area contributed by atoms with Gasteiger partial charge in [0.2, 0.25) is 0 Å². The number of hydrogen-bond donors (Lipinski definition) is 1. The molecule has 0 fully saturated rings. The summed E-state index contributed by atoms with van der Waals surface area (Å²) in [5.41, 5.74) is 1.33. The Labute approximate surface area is 117 Å². The zero-order valence-corrected chi connectivity index (χ0v) is 12.8. The van der Waals surface area contributed by atoms with Crippen molar-refractivity contribution in [1.82, 2.24) is 5.32 Å². The summed E-state index contributed by atoms with van der Waals surface area (Å²) in [6.07, 6.45) is 1.06. The summed E-state index contributed by atoms with van der Waals surface area (Å²) in [5.74, 6) is 0.966. The zero-order valence-electron chi connectivity index (χ0n) is 12.8. The highest BCUT2D eigenvalue weighted by atomic mass is 16.5. The van der Waals surface area contributed by atoms with Crippen molar-refractivity contribution in [3.05, 3.63) is 29.8 Å². The van der Waals surface area contributed by atoms with Crippen LogP contribution in [0.4, 0.5) is 0 Å². The summed E-state index contributed by atoms with van der Waals surface area (Å²) in [6.45, 7) is 7.93. The van der Waals surface area contributed by atoms with Crippen LogP contribution >= 0.6 is 0 Å². The van der Waals surface area contributed by atoms with Crippen molar-refractivity contribution in [3.8, 4) is 5.75 Å². The van der Waals surface area contributed by atoms with Crippen LogP contribution in [0.25, 0.3) is 0 Å². The molecule has 0 saturated carbocycles. The number of ether oxygens (including phenoxy) is 2. The highest BCUT2D eigenvalue weighted by Gasteiger charge is 2.26. The first-order valence-corrected chi connectivity index (χ1v) is 6.89. The van der Waals surface area contributed by atoms with E-state index in [2.05, 4.69) is 38.2 Å². The van der Waals surface area contributed by atoms with E-state index < -0.39 is 0 Å². The molecular weight excluding hydrogens is 238 g/mol. The molecule has 1 aromatic rings. The molecule has 0 radical (unpaired) electrons. The molecule has 0 spiro atoms. The Hall–Kier alpha value is -1.06. The average molecular weight is 265 g/mol. The van der Waals surface area contributed by atoms with Gasteiger partial charge in [-0.1, -0.05) is 32.0 Å². The lowest BCUT2D eigenvalue weighted by Gasteiger charge is -2.30. The van der Waals surface area contributed by atoms with Gasteiger partial charge in [-0.2, -0.15) is 0 Å². The molecule has 1 aromatic carbocycles. The molecular formula is C16H27NO2. The normalized spacial score (nSPS) is 13.3. The first kappa shape index (κ1) is 16.0. The fourth-order valence-corrected chi connectivity index (χ4v) is 2.36. The van der Waals surface area contributed by atoms with Crippen LogP contribution in [0, 0.1) is 0 Å². The van der Waals surface area contributed by atoms with Gasteiger partial charge in [-0.3, -0.25) is 0 Å². The van der Waals surface area contributed by atoms with Crippen LogP contribution in [0.2, 0.25) is 0 Å². The zero-order chi connectivity index (χ0) is 14.3. The van der Waals surface area contributed by atoms with Gasteiger partial charge in [0.05, 0.1) is 6.61 Å². The topological polar surface area (TPSA) is 30.5 Å². The van der Waals surface area contributed by atoms with E-state index in [9.17, 15) is 0 Å². The van der Waals surface area contributed by atoms with Crippen molar-refractivity contribution in [3.63, 3.8) is 0 Å². The summed E-state index contributed by atoms with van der Waals surface area (Å²) in [7, 11) is 3.69. The Bertz CT molecular complexity index is 377. The lowest BCUT2D eigenvalue weighted by molar-refractivity contribution is 0.145. The molecule has 0 heterocycles. The number of nitrogens with one attached hydrogen (secondary N) is 1. The van der Waals surface area contributed by atoms with E-state index in [1.807, 2.05) is 19.2 Å². The van der Waals surface area contributed by atoms with Crippen molar-refractivity contribution >= 4 is 0 Å². The van der Waals surface area contributed by atoms with Gasteiger partial charge in [0.25, 0.3) is 0 Å². The third-order valence-corrected chi connectivity index (χ3v) is 3.47. The number of benzene rings is 1. The van der Waals surface area contributed by atoms with E-state index in [0.717, 1.165) is 12.2 Å². The molecule has 0 aliphatic rings. The highest BCUT2D eigenvalue weighted by molar-refractivity contribution is 5.39. The van der Waals surface area contributed by atoms with E-state index in [4.69, 9.17) is 9.47 Å². The van der Waals surface area contributed by atoms with E-state index in [-0.39, 0.29) is 5.41 Å². The number of methoxy groups -OCH3 is 1. The Morgan fingerprint density at radius 1 is 1.21 bits per heavy atom. The summed E-state index contributed by atoms with van der Waals surface area (Å²) in [4.78, 5) is 0. The molecule has 0 aliphatic heterocycles. The standard InChI is InChI=1S/C16H27NO2/c1-13(17-4)12-16(2,3)14-8-6-7-9-15(14)19-11-10-18-5/h6-9,13,17H,10-12H2,1-5H3. The van der Waals surface area contributed by atoms with E-state index in [0.29, 0.717) is 19.3 Å². The third-order valence-electron chi connectivity index (χ3n) is 3.47. The maximum atomic E-state index is 5.83. The Morgan fingerprint density at radius 2 is 1.89 bits per heavy atom. The maximum absolute atomic E-state index is 5.83. The first-order chi connectivity index (χ1) is 9.01. The molecule has 108 valence electrons. The largest absolute Gasteiger partial charge is 0.491 e. The SMILES string of the molecule is CNC(C)CC(C)(C)c1ccccc1OCCOC.